The Balaban J connectivity index is 0.000000423. The van der Waals surface area contributed by atoms with Gasteiger partial charge in [0.1, 0.15) is 11.5 Å². The Morgan fingerprint density at radius 1 is 0.920 bits per heavy atom. The van der Waals surface area contributed by atoms with E-state index < -0.39 is 26.0 Å². The molecule has 0 fully saturated rings. The van der Waals surface area contributed by atoms with E-state index in [2.05, 4.69) is 10.0 Å². The minimum Gasteiger partial charge on any atom is -0.479 e. The van der Waals surface area contributed by atoms with E-state index in [-0.39, 0.29) is 29.7 Å². The molecule has 0 bridgehead atoms. The van der Waals surface area contributed by atoms with Crippen molar-refractivity contribution in [2.24, 2.45) is 0 Å². The summed E-state index contributed by atoms with van der Waals surface area (Å²) >= 11 is 22.8. The third-order valence-electron chi connectivity index (χ3n) is 5.31. The van der Waals surface area contributed by atoms with Crippen molar-refractivity contribution in [2.45, 2.75) is 56.1 Å². The second kappa shape index (κ2) is 22.1. The molecule has 0 aliphatic carbocycles. The van der Waals surface area contributed by atoms with Crippen LogP contribution < -0.4 is 14.8 Å². The van der Waals surface area contributed by atoms with Crippen LogP contribution in [0.3, 0.4) is 0 Å². The molecule has 50 heavy (non-hydrogen) atoms. The summed E-state index contributed by atoms with van der Waals surface area (Å²) in [6.45, 7) is 9.08. The highest BCUT2D eigenvalue weighted by atomic mass is 35.5. The van der Waals surface area contributed by atoms with Crippen LogP contribution in [0.2, 0.25) is 5.02 Å². The zero-order valence-corrected chi connectivity index (χ0v) is 34.2. The molecule has 0 aromatic heterocycles. The highest BCUT2D eigenvalue weighted by Crippen LogP contribution is 2.62. The van der Waals surface area contributed by atoms with Crippen molar-refractivity contribution in [2.75, 3.05) is 31.7 Å². The summed E-state index contributed by atoms with van der Waals surface area (Å²) in [7, 11) is -0.115. The summed E-state index contributed by atoms with van der Waals surface area (Å²) in [5.41, 5.74) is -1.76. The molecule has 3 rings (SSSR count). The summed E-state index contributed by atoms with van der Waals surface area (Å²) in [4.78, 5) is 23.0. The van der Waals surface area contributed by atoms with Crippen LogP contribution in [0.4, 0.5) is 10.5 Å². The summed E-state index contributed by atoms with van der Waals surface area (Å²) in [6.07, 6.45) is -0.0683. The van der Waals surface area contributed by atoms with Crippen LogP contribution in [0.1, 0.15) is 34.6 Å². The molecular weight excluding hydrogens is 788 g/mol. The number of benzene rings is 3. The summed E-state index contributed by atoms with van der Waals surface area (Å²) in [5.74, 6) is 0.661. The molecular formula is C32H43Cl3N3O8PS3. The highest BCUT2D eigenvalue weighted by Gasteiger charge is 2.26. The van der Waals surface area contributed by atoms with Gasteiger partial charge >= 0.3 is 12.0 Å². The number of halogens is 3. The molecule has 3 aromatic rings. The number of carbonyl (C=O) groups is 2. The smallest absolute Gasteiger partial charge is 0.339 e. The van der Waals surface area contributed by atoms with Crippen LogP contribution >= 0.6 is 51.9 Å². The molecule has 3 N–H and O–H groups in total. The second-order valence-corrected chi connectivity index (χ2v) is 21.1. The first-order chi connectivity index (χ1) is 23.1. The molecule has 18 heteroatoms. The summed E-state index contributed by atoms with van der Waals surface area (Å²) in [6, 6.07) is 22.4. The number of nitrogens with zero attached hydrogens (tertiary/aromatic N) is 1. The van der Waals surface area contributed by atoms with Gasteiger partial charge in [-0.2, -0.15) is 0 Å². The van der Waals surface area contributed by atoms with Crippen molar-refractivity contribution in [3.8, 4) is 11.5 Å². The zero-order valence-electron chi connectivity index (χ0n) is 28.6. The molecule has 278 valence electrons. The Bertz CT molecular complexity index is 1610. The van der Waals surface area contributed by atoms with Crippen LogP contribution in [0.25, 0.3) is 0 Å². The van der Waals surface area contributed by atoms with Gasteiger partial charge < -0.3 is 29.1 Å². The number of anilines is 1. The largest absolute Gasteiger partial charge is 0.479 e. The van der Waals surface area contributed by atoms with Crippen LogP contribution in [-0.4, -0.2) is 73.4 Å². The molecule has 0 unspecified atom stereocenters. The van der Waals surface area contributed by atoms with Crippen LogP contribution in [0.5, 0.6) is 11.5 Å². The van der Waals surface area contributed by atoms with Gasteiger partial charge in [0.15, 0.2) is 0 Å². The highest BCUT2D eigenvalue weighted by molar-refractivity contribution is 8.67. The lowest BCUT2D eigenvalue weighted by molar-refractivity contribution is -0.137. The lowest BCUT2D eigenvalue weighted by Gasteiger charge is -2.25. The third-order valence-corrected chi connectivity index (χ3v) is 12.9. The zero-order chi connectivity index (χ0) is 38.1. The summed E-state index contributed by atoms with van der Waals surface area (Å²) in [5, 5.41) is 11.4. The van der Waals surface area contributed by atoms with E-state index in [1.807, 2.05) is 27.7 Å². The first kappa shape index (κ1) is 45.9. The van der Waals surface area contributed by atoms with E-state index in [1.54, 1.807) is 93.0 Å². The number of hydrogen-bond acceptors (Lipinski definition) is 9. The maximum atomic E-state index is 12.1. The van der Waals surface area contributed by atoms with Crippen molar-refractivity contribution in [3.05, 3.63) is 83.9 Å². The number of aliphatic carboxylic acids is 1. The van der Waals surface area contributed by atoms with Gasteiger partial charge in [0.05, 0.1) is 17.1 Å². The van der Waals surface area contributed by atoms with E-state index in [4.69, 9.17) is 65.5 Å². The third kappa shape index (κ3) is 19.5. The maximum Gasteiger partial charge on any atom is 0.339 e. The minimum atomic E-state index is -3.49. The number of carbonyl (C=O) groups excluding carboxylic acids is 1. The number of rotatable bonds is 14. The number of urea groups is 1. The van der Waals surface area contributed by atoms with Crippen LogP contribution in [0, 0.1) is 0 Å². The fraction of sp³-hybridized carbons (Fsp3) is 0.375. The van der Waals surface area contributed by atoms with Gasteiger partial charge in [0, 0.05) is 37.1 Å². The molecule has 0 aliphatic rings. The minimum absolute atomic E-state index is 0.0342. The molecule has 0 radical (unpaired) electrons. The van der Waals surface area contributed by atoms with Gasteiger partial charge in [-0.25, -0.2) is 22.7 Å². The molecule has 0 aliphatic heterocycles. The van der Waals surface area contributed by atoms with Gasteiger partial charge in [0.25, 0.3) is 0 Å². The van der Waals surface area contributed by atoms with Crippen molar-refractivity contribution in [3.63, 3.8) is 0 Å². The average molecular weight is 831 g/mol. The monoisotopic (exact) mass is 829 g/mol. The molecule has 0 heterocycles. The number of sulfonamides is 1. The summed E-state index contributed by atoms with van der Waals surface area (Å²) < 4.78 is 42.3. The van der Waals surface area contributed by atoms with Crippen molar-refractivity contribution >= 4 is 91.4 Å². The van der Waals surface area contributed by atoms with Crippen LogP contribution in [-0.2, 0) is 35.7 Å². The number of amides is 2. The Labute approximate surface area is 319 Å². The average Bonchev–Trinajstić information content (AvgIpc) is 3.01. The second-order valence-electron chi connectivity index (χ2n) is 10.9. The lowest BCUT2D eigenvalue weighted by atomic mass is 10.3. The molecule has 3 aromatic carbocycles. The first-order valence-corrected chi connectivity index (χ1v) is 21.8. The SMILES string of the molecule is CC(C)OP(=S)(OC(C)C)SCCNS(=O)(=O)c1ccccc1.CC(Cl)(Cl)C(=O)O.CN(C)C(=O)Nc1ccc(Oc2ccc(Cl)cc2)cc1. The standard InChI is InChI=1S/C15H15ClN2O2.C14H24NO4PS3.C3H4Cl2O2/c1-18(2)15(19)17-12-5-9-14(10-6-12)20-13-7-3-11(16)4-8-13;1-12(2)18-20(21,19-13(3)4)22-11-10-15-23(16,17)14-8-6-5-7-9-14;1-3(4,5)2(6)7/h3-10H,1-2H3,(H,17,19);5-9,12-13,15H,10-11H2,1-4H3;1H3,(H,6,7). The molecule has 0 atom stereocenters. The predicted molar refractivity (Wildman–Crippen MR) is 209 cm³/mol. The Morgan fingerprint density at radius 3 is 1.80 bits per heavy atom. The number of hydrogen-bond donors (Lipinski definition) is 3. The Kier molecular flexibility index (Phi) is 20.3. The fourth-order valence-corrected chi connectivity index (χ4v) is 10.1. The number of ether oxygens (including phenoxy) is 1. The van der Waals surface area contributed by atoms with Crippen molar-refractivity contribution in [1.82, 2.24) is 9.62 Å². The number of carboxylic acids is 1. The van der Waals surface area contributed by atoms with Gasteiger partial charge in [-0.05, 0) is 107 Å². The number of nitrogens with one attached hydrogen (secondary N) is 2. The quantitative estimate of drug-likeness (QED) is 0.0817. The Morgan fingerprint density at radius 2 is 1.38 bits per heavy atom. The lowest BCUT2D eigenvalue weighted by Crippen LogP contribution is -2.27. The topological polar surface area (TPSA) is 143 Å². The van der Waals surface area contributed by atoms with Gasteiger partial charge in [-0.3, -0.25) is 0 Å². The van der Waals surface area contributed by atoms with E-state index in [0.29, 0.717) is 28.0 Å². The van der Waals surface area contributed by atoms with Crippen molar-refractivity contribution < 1.29 is 36.9 Å². The van der Waals surface area contributed by atoms with Gasteiger partial charge in [-0.15, -0.1) is 0 Å². The molecule has 0 spiro atoms. The maximum absolute atomic E-state index is 12.1. The molecule has 0 saturated carbocycles. The fourth-order valence-electron chi connectivity index (χ4n) is 3.10. The van der Waals surface area contributed by atoms with E-state index in [1.165, 1.54) is 23.2 Å². The van der Waals surface area contributed by atoms with E-state index >= 15 is 0 Å². The van der Waals surface area contributed by atoms with Gasteiger partial charge in [0.2, 0.25) is 20.1 Å². The van der Waals surface area contributed by atoms with Crippen molar-refractivity contribution in [1.29, 1.82) is 0 Å². The predicted octanol–water partition coefficient (Wildman–Crippen LogP) is 9.26. The number of alkyl halides is 2. The van der Waals surface area contributed by atoms with Crippen LogP contribution in [0.15, 0.2) is 83.8 Å². The normalized spacial score (nSPS) is 11.5. The van der Waals surface area contributed by atoms with E-state index in [9.17, 15) is 18.0 Å². The number of carboxylic acid groups (broad SMARTS) is 1. The molecule has 2 amide bonds. The molecule has 11 nitrogen and oxygen atoms in total. The van der Waals surface area contributed by atoms with Gasteiger partial charge in [-0.1, -0.05) is 64.4 Å². The Hall–Kier alpha value is -2.10. The molecule has 0 saturated heterocycles. The first-order valence-electron chi connectivity index (χ1n) is 14.9. The van der Waals surface area contributed by atoms with E-state index in [0.717, 1.165) is 0 Å².